The lowest BCUT2D eigenvalue weighted by atomic mass is 10.1. The number of carbonyl (C=O) groups is 1. The Morgan fingerprint density at radius 3 is 2.55 bits per heavy atom. The van der Waals surface area contributed by atoms with Gasteiger partial charge in [-0.3, -0.25) is 4.79 Å². The van der Waals surface area contributed by atoms with E-state index < -0.39 is 5.97 Å². The van der Waals surface area contributed by atoms with Gasteiger partial charge < -0.3 is 13.9 Å². The van der Waals surface area contributed by atoms with E-state index in [1.807, 2.05) is 31.2 Å². The van der Waals surface area contributed by atoms with Crippen LogP contribution in [0.3, 0.4) is 0 Å². The number of benzene rings is 3. The summed E-state index contributed by atoms with van der Waals surface area (Å²) in [4.78, 5) is 24.8. The van der Waals surface area contributed by atoms with Crippen molar-refractivity contribution in [3.8, 4) is 17.2 Å². The Kier molecular flexibility index (Phi) is 5.87. The van der Waals surface area contributed by atoms with Gasteiger partial charge in [-0.25, -0.2) is 4.79 Å². The maximum Gasteiger partial charge on any atom is 0.336 e. The summed E-state index contributed by atoms with van der Waals surface area (Å²) >= 11 is 6.07. The van der Waals surface area contributed by atoms with E-state index in [2.05, 4.69) is 0 Å². The topological polar surface area (TPSA) is 65.7 Å². The summed E-state index contributed by atoms with van der Waals surface area (Å²) in [7, 11) is 0. The van der Waals surface area contributed by atoms with Gasteiger partial charge in [-0.2, -0.15) is 0 Å². The fraction of sp³-hybridized carbons (Fsp3) is 0.0400. The third-order valence-electron chi connectivity index (χ3n) is 4.48. The highest BCUT2D eigenvalue weighted by molar-refractivity contribution is 6.32. The first-order valence-electron chi connectivity index (χ1n) is 9.44. The Morgan fingerprint density at radius 2 is 1.77 bits per heavy atom. The van der Waals surface area contributed by atoms with Crippen molar-refractivity contribution in [2.75, 3.05) is 0 Å². The van der Waals surface area contributed by atoms with E-state index in [4.69, 9.17) is 25.5 Å². The molecular weight excluding hydrogens is 416 g/mol. The van der Waals surface area contributed by atoms with E-state index in [0.717, 1.165) is 11.1 Å². The van der Waals surface area contributed by atoms with Crippen LogP contribution in [0.5, 0.6) is 17.2 Å². The summed E-state index contributed by atoms with van der Waals surface area (Å²) in [6.07, 6.45) is 4.21. The van der Waals surface area contributed by atoms with Gasteiger partial charge in [-0.1, -0.05) is 53.6 Å². The molecule has 0 aliphatic heterocycles. The molecule has 6 heteroatoms. The molecule has 31 heavy (non-hydrogen) atoms. The molecule has 3 aromatic carbocycles. The van der Waals surface area contributed by atoms with Crippen molar-refractivity contribution >= 4 is 34.6 Å². The number of esters is 1. The van der Waals surface area contributed by atoms with Crippen LogP contribution in [0, 0.1) is 6.92 Å². The van der Waals surface area contributed by atoms with Crippen LogP contribution in [0.4, 0.5) is 0 Å². The molecular formula is C25H17ClO5. The lowest BCUT2D eigenvalue weighted by Crippen LogP contribution is -2.06. The lowest BCUT2D eigenvalue weighted by molar-refractivity contribution is -0.128. The predicted molar refractivity (Wildman–Crippen MR) is 120 cm³/mol. The maximum absolute atomic E-state index is 12.7. The van der Waals surface area contributed by atoms with Crippen LogP contribution >= 0.6 is 11.6 Å². The molecule has 5 nitrogen and oxygen atoms in total. The molecule has 0 saturated carbocycles. The van der Waals surface area contributed by atoms with Crippen LogP contribution < -0.4 is 14.9 Å². The first kappa shape index (κ1) is 20.4. The fourth-order valence-corrected chi connectivity index (χ4v) is 3.04. The Labute approximate surface area is 183 Å². The molecule has 0 amide bonds. The summed E-state index contributed by atoms with van der Waals surface area (Å²) in [5.41, 5.74) is 1.93. The second kappa shape index (κ2) is 8.90. The van der Waals surface area contributed by atoms with Crippen molar-refractivity contribution < 1.29 is 18.7 Å². The first-order valence-corrected chi connectivity index (χ1v) is 9.82. The molecule has 0 atom stereocenters. The molecule has 0 saturated heterocycles. The first-order chi connectivity index (χ1) is 15.0. The van der Waals surface area contributed by atoms with E-state index in [0.29, 0.717) is 16.2 Å². The van der Waals surface area contributed by atoms with Gasteiger partial charge in [0.25, 0.3) is 0 Å². The van der Waals surface area contributed by atoms with Crippen molar-refractivity contribution in [3.05, 3.63) is 105 Å². The van der Waals surface area contributed by atoms with E-state index in [1.165, 1.54) is 30.5 Å². The summed E-state index contributed by atoms with van der Waals surface area (Å²) in [5, 5.41) is 0.669. The van der Waals surface area contributed by atoms with Crippen molar-refractivity contribution in [1.29, 1.82) is 0 Å². The van der Waals surface area contributed by atoms with Gasteiger partial charge in [0.15, 0.2) is 0 Å². The van der Waals surface area contributed by atoms with Crippen LogP contribution in [-0.2, 0) is 4.79 Å². The SMILES string of the molecule is Cc1ccc(C=CC(=O)Oc2ccc3c(=O)c(Oc4ccccc4Cl)coc3c2)cc1. The number of aryl methyl sites for hydroxylation is 1. The van der Waals surface area contributed by atoms with E-state index in [9.17, 15) is 9.59 Å². The Bertz CT molecular complexity index is 1340. The van der Waals surface area contributed by atoms with Crippen molar-refractivity contribution in [3.63, 3.8) is 0 Å². The fourth-order valence-electron chi connectivity index (χ4n) is 2.86. The average molecular weight is 433 g/mol. The molecule has 0 radical (unpaired) electrons. The molecule has 4 aromatic rings. The number of para-hydroxylation sites is 1. The zero-order valence-electron chi connectivity index (χ0n) is 16.5. The Balaban J connectivity index is 1.52. The highest BCUT2D eigenvalue weighted by Gasteiger charge is 2.12. The van der Waals surface area contributed by atoms with Crippen LogP contribution in [0.2, 0.25) is 5.02 Å². The van der Waals surface area contributed by atoms with Crippen LogP contribution in [0.1, 0.15) is 11.1 Å². The highest BCUT2D eigenvalue weighted by Crippen LogP contribution is 2.29. The minimum atomic E-state index is -0.541. The molecule has 0 fully saturated rings. The second-order valence-electron chi connectivity index (χ2n) is 6.78. The summed E-state index contributed by atoms with van der Waals surface area (Å²) < 4.78 is 16.4. The molecule has 1 heterocycles. The number of hydrogen-bond acceptors (Lipinski definition) is 5. The molecule has 0 N–H and O–H groups in total. The van der Waals surface area contributed by atoms with Crippen LogP contribution in [0.15, 0.2) is 88.3 Å². The number of carbonyl (C=O) groups excluding carboxylic acids is 1. The molecule has 4 rings (SSSR count). The zero-order chi connectivity index (χ0) is 21.8. The number of rotatable bonds is 5. The van der Waals surface area contributed by atoms with E-state index in [1.54, 1.807) is 30.3 Å². The normalized spacial score (nSPS) is 11.0. The lowest BCUT2D eigenvalue weighted by Gasteiger charge is -2.07. The second-order valence-corrected chi connectivity index (χ2v) is 7.19. The quantitative estimate of drug-likeness (QED) is 0.214. The van der Waals surface area contributed by atoms with Gasteiger partial charge >= 0.3 is 5.97 Å². The Hall–Kier alpha value is -3.83. The molecule has 0 spiro atoms. The third-order valence-corrected chi connectivity index (χ3v) is 4.79. The molecule has 0 unspecified atom stereocenters. The minimum absolute atomic E-state index is 0.00590. The summed E-state index contributed by atoms with van der Waals surface area (Å²) in [6, 6.07) is 19.1. The molecule has 0 aliphatic rings. The summed E-state index contributed by atoms with van der Waals surface area (Å²) in [6.45, 7) is 1.99. The molecule has 0 aliphatic carbocycles. The van der Waals surface area contributed by atoms with Crippen LogP contribution in [-0.4, -0.2) is 5.97 Å². The standard InChI is InChI=1S/C25H17ClO5/c1-16-6-8-17(9-7-16)10-13-24(27)30-18-11-12-19-22(14-18)29-15-23(25(19)28)31-21-5-3-2-4-20(21)26/h2-15H,1H3. The molecule has 0 bridgehead atoms. The monoisotopic (exact) mass is 432 g/mol. The van der Waals surface area contributed by atoms with Gasteiger partial charge in [0.2, 0.25) is 11.2 Å². The van der Waals surface area contributed by atoms with E-state index >= 15 is 0 Å². The molecule has 154 valence electrons. The van der Waals surface area contributed by atoms with Crippen LogP contribution in [0.25, 0.3) is 17.0 Å². The van der Waals surface area contributed by atoms with Gasteiger partial charge in [-0.15, -0.1) is 0 Å². The van der Waals surface area contributed by atoms with Gasteiger partial charge in [0.05, 0.1) is 10.4 Å². The predicted octanol–water partition coefficient (Wildman–Crippen LogP) is 6.17. The summed E-state index contributed by atoms with van der Waals surface area (Å²) in [5.74, 6) is 0.0722. The smallest absolute Gasteiger partial charge is 0.336 e. The maximum atomic E-state index is 12.7. The number of ether oxygens (including phenoxy) is 2. The third kappa shape index (κ3) is 4.85. The Morgan fingerprint density at radius 1 is 1.00 bits per heavy atom. The van der Waals surface area contributed by atoms with Gasteiger partial charge in [0, 0.05) is 12.1 Å². The molecule has 1 aromatic heterocycles. The van der Waals surface area contributed by atoms with Gasteiger partial charge in [0.1, 0.15) is 23.3 Å². The number of fused-ring (bicyclic) bond motifs is 1. The van der Waals surface area contributed by atoms with Gasteiger partial charge in [-0.05, 0) is 42.8 Å². The number of halogens is 1. The largest absolute Gasteiger partial charge is 0.460 e. The minimum Gasteiger partial charge on any atom is -0.460 e. The van der Waals surface area contributed by atoms with Crippen molar-refractivity contribution in [2.24, 2.45) is 0 Å². The van der Waals surface area contributed by atoms with E-state index in [-0.39, 0.29) is 22.5 Å². The van der Waals surface area contributed by atoms with Crippen molar-refractivity contribution in [2.45, 2.75) is 6.92 Å². The number of hydrogen-bond donors (Lipinski definition) is 0. The highest BCUT2D eigenvalue weighted by atomic mass is 35.5. The average Bonchev–Trinajstić information content (AvgIpc) is 2.77. The zero-order valence-corrected chi connectivity index (χ0v) is 17.3. The van der Waals surface area contributed by atoms with Crippen molar-refractivity contribution in [1.82, 2.24) is 0 Å².